The van der Waals surface area contributed by atoms with Gasteiger partial charge < -0.3 is 9.84 Å². The summed E-state index contributed by atoms with van der Waals surface area (Å²) in [5.41, 5.74) is 4.06. The van der Waals surface area contributed by atoms with Crippen LogP contribution in [0.25, 0.3) is 22.3 Å². The van der Waals surface area contributed by atoms with Crippen LogP contribution in [0, 0.1) is 0 Å². The summed E-state index contributed by atoms with van der Waals surface area (Å²) in [6.07, 6.45) is 0. The van der Waals surface area contributed by atoms with Gasteiger partial charge >= 0.3 is 5.97 Å². The molecular weight excluding hydrogens is 288 g/mol. The number of aromatic hydroxyl groups is 1. The Morgan fingerprint density at radius 2 is 1.48 bits per heavy atom. The fourth-order valence-electron chi connectivity index (χ4n) is 2.49. The third-order valence-corrected chi connectivity index (χ3v) is 3.72. The van der Waals surface area contributed by atoms with E-state index in [9.17, 15) is 9.90 Å². The maximum absolute atomic E-state index is 11.5. The fraction of sp³-hybridized carbons (Fsp3) is 0.0500. The van der Waals surface area contributed by atoms with E-state index < -0.39 is 0 Å². The van der Waals surface area contributed by atoms with E-state index in [0.29, 0.717) is 5.56 Å². The number of hydrogen-bond donors (Lipinski definition) is 1. The molecule has 0 aliphatic rings. The van der Waals surface area contributed by atoms with Gasteiger partial charge in [-0.25, -0.2) is 4.79 Å². The molecule has 0 spiro atoms. The molecular formula is C20H16O3. The molecule has 0 fully saturated rings. The number of hydrogen-bond acceptors (Lipinski definition) is 3. The van der Waals surface area contributed by atoms with Gasteiger partial charge in [0.05, 0.1) is 12.7 Å². The molecule has 114 valence electrons. The summed E-state index contributed by atoms with van der Waals surface area (Å²) < 4.78 is 4.68. The van der Waals surface area contributed by atoms with Crippen LogP contribution in [0.2, 0.25) is 0 Å². The largest absolute Gasteiger partial charge is 0.507 e. The number of ether oxygens (including phenoxy) is 1. The van der Waals surface area contributed by atoms with Gasteiger partial charge in [0.25, 0.3) is 0 Å². The van der Waals surface area contributed by atoms with Crippen LogP contribution < -0.4 is 0 Å². The van der Waals surface area contributed by atoms with Crippen molar-refractivity contribution in [3.05, 3.63) is 78.4 Å². The minimum Gasteiger partial charge on any atom is -0.507 e. The van der Waals surface area contributed by atoms with Crippen LogP contribution in [0.4, 0.5) is 0 Å². The van der Waals surface area contributed by atoms with E-state index >= 15 is 0 Å². The van der Waals surface area contributed by atoms with E-state index in [1.807, 2.05) is 42.5 Å². The summed E-state index contributed by atoms with van der Waals surface area (Å²) in [7, 11) is 1.35. The average Bonchev–Trinajstić information content (AvgIpc) is 2.62. The van der Waals surface area contributed by atoms with Gasteiger partial charge in [0.15, 0.2) is 0 Å². The Kier molecular flexibility index (Phi) is 4.11. The summed E-state index contributed by atoms with van der Waals surface area (Å²) >= 11 is 0. The third kappa shape index (κ3) is 3.09. The first-order valence-electron chi connectivity index (χ1n) is 7.26. The van der Waals surface area contributed by atoms with Crippen LogP contribution in [-0.2, 0) is 4.74 Å². The molecule has 0 saturated heterocycles. The summed E-state index contributed by atoms with van der Waals surface area (Å²) in [4.78, 5) is 11.5. The first-order valence-corrected chi connectivity index (χ1v) is 7.26. The second-order valence-electron chi connectivity index (χ2n) is 5.17. The van der Waals surface area contributed by atoms with Gasteiger partial charge in [0.1, 0.15) is 5.75 Å². The van der Waals surface area contributed by atoms with Crippen molar-refractivity contribution in [2.24, 2.45) is 0 Å². The van der Waals surface area contributed by atoms with Gasteiger partial charge in [0, 0.05) is 5.56 Å². The number of benzene rings is 3. The maximum Gasteiger partial charge on any atom is 0.337 e. The van der Waals surface area contributed by atoms with E-state index in [1.165, 1.54) is 7.11 Å². The third-order valence-electron chi connectivity index (χ3n) is 3.72. The predicted octanol–water partition coefficient (Wildman–Crippen LogP) is 4.51. The maximum atomic E-state index is 11.5. The lowest BCUT2D eigenvalue weighted by Gasteiger charge is -2.08. The molecule has 3 aromatic carbocycles. The zero-order chi connectivity index (χ0) is 16.2. The van der Waals surface area contributed by atoms with Crippen molar-refractivity contribution in [2.75, 3.05) is 7.11 Å². The Morgan fingerprint density at radius 3 is 2.09 bits per heavy atom. The molecule has 1 N–H and O–H groups in total. The van der Waals surface area contributed by atoms with Crippen LogP contribution in [0.3, 0.4) is 0 Å². The molecule has 23 heavy (non-hydrogen) atoms. The highest BCUT2D eigenvalue weighted by atomic mass is 16.5. The fourth-order valence-corrected chi connectivity index (χ4v) is 2.49. The summed E-state index contributed by atoms with van der Waals surface area (Å²) in [6, 6.07) is 22.4. The van der Waals surface area contributed by atoms with Gasteiger partial charge in [-0.05, 0) is 34.9 Å². The quantitative estimate of drug-likeness (QED) is 0.724. The van der Waals surface area contributed by atoms with Crippen LogP contribution in [0.15, 0.2) is 72.8 Å². The van der Waals surface area contributed by atoms with Crippen molar-refractivity contribution in [3.8, 4) is 28.0 Å². The molecule has 3 nitrogen and oxygen atoms in total. The van der Waals surface area contributed by atoms with Crippen LogP contribution >= 0.6 is 0 Å². The SMILES string of the molecule is COC(=O)c1ccc(-c2ccc(-c3ccccc3)cc2O)cc1. The number of rotatable bonds is 3. The zero-order valence-corrected chi connectivity index (χ0v) is 12.7. The molecule has 0 atom stereocenters. The molecule has 0 unspecified atom stereocenters. The lowest BCUT2D eigenvalue weighted by atomic mass is 9.98. The van der Waals surface area contributed by atoms with Crippen LogP contribution in [0.1, 0.15) is 10.4 Å². The van der Waals surface area contributed by atoms with E-state index in [-0.39, 0.29) is 11.7 Å². The highest BCUT2D eigenvalue weighted by molar-refractivity contribution is 5.90. The normalized spacial score (nSPS) is 10.3. The second kappa shape index (κ2) is 6.36. The lowest BCUT2D eigenvalue weighted by molar-refractivity contribution is 0.0601. The highest BCUT2D eigenvalue weighted by Gasteiger charge is 2.09. The first kappa shape index (κ1) is 14.9. The number of carbonyl (C=O) groups is 1. The Balaban J connectivity index is 1.93. The number of phenolic OH excluding ortho intramolecular Hbond substituents is 1. The Bertz CT molecular complexity index is 821. The first-order chi connectivity index (χ1) is 11.2. The predicted molar refractivity (Wildman–Crippen MR) is 90.3 cm³/mol. The number of methoxy groups -OCH3 is 1. The van der Waals surface area contributed by atoms with Gasteiger partial charge in [-0.2, -0.15) is 0 Å². The number of carbonyl (C=O) groups excluding carboxylic acids is 1. The number of esters is 1. The molecule has 0 bridgehead atoms. The Hall–Kier alpha value is -3.07. The molecule has 0 aromatic heterocycles. The van der Waals surface area contributed by atoms with Crippen molar-refractivity contribution in [1.82, 2.24) is 0 Å². The molecule has 3 rings (SSSR count). The summed E-state index contributed by atoms with van der Waals surface area (Å²) in [6.45, 7) is 0. The molecule has 0 saturated carbocycles. The topological polar surface area (TPSA) is 46.5 Å². The molecule has 0 radical (unpaired) electrons. The van der Waals surface area contributed by atoms with E-state index in [1.54, 1.807) is 30.3 Å². The van der Waals surface area contributed by atoms with Crippen molar-refractivity contribution < 1.29 is 14.6 Å². The van der Waals surface area contributed by atoms with Crippen LogP contribution in [0.5, 0.6) is 5.75 Å². The van der Waals surface area contributed by atoms with Crippen molar-refractivity contribution in [1.29, 1.82) is 0 Å². The van der Waals surface area contributed by atoms with Crippen molar-refractivity contribution >= 4 is 5.97 Å². The van der Waals surface area contributed by atoms with Crippen molar-refractivity contribution in [2.45, 2.75) is 0 Å². The zero-order valence-electron chi connectivity index (χ0n) is 12.7. The minimum absolute atomic E-state index is 0.206. The monoisotopic (exact) mass is 304 g/mol. The highest BCUT2D eigenvalue weighted by Crippen LogP contribution is 2.33. The lowest BCUT2D eigenvalue weighted by Crippen LogP contribution is -2.00. The standard InChI is InChI=1S/C20H16O3/c1-23-20(22)16-9-7-15(8-10-16)18-12-11-17(13-19(18)21)14-5-3-2-4-6-14/h2-13,21H,1H3. The smallest absolute Gasteiger partial charge is 0.337 e. The second-order valence-corrected chi connectivity index (χ2v) is 5.17. The Labute approximate surface area is 134 Å². The molecule has 0 aliphatic carbocycles. The van der Waals surface area contributed by atoms with Gasteiger partial charge in [-0.3, -0.25) is 0 Å². The Morgan fingerprint density at radius 1 is 0.826 bits per heavy atom. The van der Waals surface area contributed by atoms with Crippen LogP contribution in [-0.4, -0.2) is 18.2 Å². The minimum atomic E-state index is -0.375. The summed E-state index contributed by atoms with van der Waals surface area (Å²) in [5, 5.41) is 10.3. The van der Waals surface area contributed by atoms with Crippen molar-refractivity contribution in [3.63, 3.8) is 0 Å². The van der Waals surface area contributed by atoms with E-state index in [2.05, 4.69) is 4.74 Å². The summed E-state index contributed by atoms with van der Waals surface area (Å²) in [5.74, 6) is -0.169. The average molecular weight is 304 g/mol. The van der Waals surface area contributed by atoms with Gasteiger partial charge in [0.2, 0.25) is 0 Å². The van der Waals surface area contributed by atoms with Gasteiger partial charge in [-0.15, -0.1) is 0 Å². The molecule has 3 aromatic rings. The molecule has 3 heteroatoms. The molecule has 0 aliphatic heterocycles. The molecule has 0 amide bonds. The van der Waals surface area contributed by atoms with Gasteiger partial charge in [-0.1, -0.05) is 54.6 Å². The molecule has 0 heterocycles. The van der Waals surface area contributed by atoms with E-state index in [0.717, 1.165) is 22.3 Å². The van der Waals surface area contributed by atoms with E-state index in [4.69, 9.17) is 0 Å². The number of phenols is 1.